The SMILES string of the molecule is Cc1ccc(/C=N\NC(=O)[C@@H](C)Oc2cccc3ccccc23)o1. The van der Waals surface area contributed by atoms with Crippen molar-refractivity contribution in [1.29, 1.82) is 0 Å². The molecule has 0 aliphatic rings. The van der Waals surface area contributed by atoms with Gasteiger partial charge in [-0.05, 0) is 37.4 Å². The number of hydrogen-bond acceptors (Lipinski definition) is 4. The van der Waals surface area contributed by atoms with Crippen molar-refractivity contribution in [3.05, 3.63) is 66.1 Å². The third kappa shape index (κ3) is 3.63. The quantitative estimate of drug-likeness (QED) is 0.576. The van der Waals surface area contributed by atoms with Gasteiger partial charge in [-0.3, -0.25) is 4.79 Å². The zero-order valence-corrected chi connectivity index (χ0v) is 13.5. The number of fused-ring (bicyclic) bond motifs is 1. The van der Waals surface area contributed by atoms with Crippen LogP contribution in [0.2, 0.25) is 0 Å². The van der Waals surface area contributed by atoms with Crippen LogP contribution in [0.15, 0.2) is 64.1 Å². The van der Waals surface area contributed by atoms with Crippen LogP contribution in [0.3, 0.4) is 0 Å². The first-order chi connectivity index (χ1) is 11.6. The van der Waals surface area contributed by atoms with E-state index >= 15 is 0 Å². The Kier molecular flexibility index (Phi) is 4.61. The van der Waals surface area contributed by atoms with Crippen LogP contribution in [0.4, 0.5) is 0 Å². The molecule has 1 heterocycles. The number of nitrogens with zero attached hydrogens (tertiary/aromatic N) is 1. The molecule has 0 fully saturated rings. The van der Waals surface area contributed by atoms with Gasteiger partial charge >= 0.3 is 0 Å². The molecule has 0 spiro atoms. The van der Waals surface area contributed by atoms with Crippen molar-refractivity contribution >= 4 is 22.9 Å². The average Bonchev–Trinajstić information content (AvgIpc) is 3.00. The largest absolute Gasteiger partial charge is 0.480 e. The van der Waals surface area contributed by atoms with E-state index in [1.165, 1.54) is 6.21 Å². The van der Waals surface area contributed by atoms with Gasteiger partial charge in [-0.1, -0.05) is 36.4 Å². The molecular formula is C19H18N2O3. The summed E-state index contributed by atoms with van der Waals surface area (Å²) in [5.74, 6) is 1.70. The van der Waals surface area contributed by atoms with Crippen LogP contribution in [-0.4, -0.2) is 18.2 Å². The molecule has 0 saturated carbocycles. The maximum absolute atomic E-state index is 12.1. The van der Waals surface area contributed by atoms with E-state index in [4.69, 9.17) is 9.15 Å². The van der Waals surface area contributed by atoms with Crippen LogP contribution in [0.5, 0.6) is 5.75 Å². The van der Waals surface area contributed by atoms with Gasteiger partial charge in [0.2, 0.25) is 0 Å². The summed E-state index contributed by atoms with van der Waals surface area (Å²) in [6.45, 7) is 3.53. The maximum atomic E-state index is 12.1. The van der Waals surface area contributed by atoms with Crippen LogP contribution in [0.25, 0.3) is 10.8 Å². The van der Waals surface area contributed by atoms with Crippen molar-refractivity contribution in [2.24, 2.45) is 5.10 Å². The lowest BCUT2D eigenvalue weighted by Gasteiger charge is -2.14. The molecule has 0 bridgehead atoms. The molecule has 0 saturated heterocycles. The summed E-state index contributed by atoms with van der Waals surface area (Å²) in [4.78, 5) is 12.1. The minimum absolute atomic E-state index is 0.331. The zero-order chi connectivity index (χ0) is 16.9. The van der Waals surface area contributed by atoms with Gasteiger partial charge in [-0.25, -0.2) is 5.43 Å². The summed E-state index contributed by atoms with van der Waals surface area (Å²) in [6.07, 6.45) is 0.779. The first-order valence-electron chi connectivity index (χ1n) is 7.67. The van der Waals surface area contributed by atoms with Crippen molar-refractivity contribution in [3.8, 4) is 5.75 Å². The number of hydrazone groups is 1. The van der Waals surface area contributed by atoms with Crippen LogP contribution in [-0.2, 0) is 4.79 Å². The summed E-state index contributed by atoms with van der Waals surface area (Å²) in [7, 11) is 0. The van der Waals surface area contributed by atoms with Crippen molar-refractivity contribution < 1.29 is 13.9 Å². The van der Waals surface area contributed by atoms with Crippen molar-refractivity contribution in [1.82, 2.24) is 5.43 Å². The number of carbonyl (C=O) groups excluding carboxylic acids is 1. The van der Waals surface area contributed by atoms with E-state index in [1.807, 2.05) is 55.5 Å². The number of benzene rings is 2. The number of ether oxygens (including phenoxy) is 1. The number of carbonyl (C=O) groups is 1. The molecule has 0 aliphatic carbocycles. The molecule has 2 aromatic carbocycles. The minimum atomic E-state index is -0.675. The molecule has 5 heteroatoms. The number of hydrogen-bond donors (Lipinski definition) is 1. The van der Waals surface area contributed by atoms with E-state index in [-0.39, 0.29) is 5.91 Å². The topological polar surface area (TPSA) is 63.8 Å². The Balaban J connectivity index is 1.64. The first-order valence-corrected chi connectivity index (χ1v) is 7.67. The summed E-state index contributed by atoms with van der Waals surface area (Å²) in [6, 6.07) is 17.2. The molecule has 1 atom stereocenters. The van der Waals surface area contributed by atoms with Crippen LogP contribution in [0.1, 0.15) is 18.4 Å². The van der Waals surface area contributed by atoms with Gasteiger partial charge in [0.25, 0.3) is 5.91 Å². The Hall–Kier alpha value is -3.08. The molecule has 1 aromatic heterocycles. The van der Waals surface area contributed by atoms with E-state index < -0.39 is 6.10 Å². The lowest BCUT2D eigenvalue weighted by atomic mass is 10.1. The lowest BCUT2D eigenvalue weighted by Crippen LogP contribution is -2.33. The molecule has 3 rings (SSSR count). The highest BCUT2D eigenvalue weighted by Gasteiger charge is 2.15. The van der Waals surface area contributed by atoms with Crippen molar-refractivity contribution in [3.63, 3.8) is 0 Å². The fourth-order valence-electron chi connectivity index (χ4n) is 2.32. The van der Waals surface area contributed by atoms with Crippen LogP contribution in [0, 0.1) is 6.92 Å². The van der Waals surface area contributed by atoms with E-state index in [1.54, 1.807) is 13.0 Å². The molecular weight excluding hydrogens is 304 g/mol. The molecule has 0 unspecified atom stereocenters. The van der Waals surface area contributed by atoms with Crippen LogP contribution >= 0.6 is 0 Å². The Morgan fingerprint density at radius 3 is 2.75 bits per heavy atom. The molecule has 0 radical (unpaired) electrons. The van der Waals surface area contributed by atoms with Gasteiger partial charge in [-0.15, -0.1) is 0 Å². The Labute approximate surface area is 139 Å². The first kappa shape index (κ1) is 15.8. The number of amides is 1. The van der Waals surface area contributed by atoms with Gasteiger partial charge in [0.15, 0.2) is 6.10 Å². The Bertz CT molecular complexity index is 878. The van der Waals surface area contributed by atoms with Gasteiger partial charge in [0.1, 0.15) is 17.3 Å². The van der Waals surface area contributed by atoms with Gasteiger partial charge in [0, 0.05) is 5.39 Å². The molecule has 24 heavy (non-hydrogen) atoms. The summed E-state index contributed by atoms with van der Waals surface area (Å²) in [5, 5.41) is 5.91. The number of aryl methyl sites for hydroxylation is 1. The Morgan fingerprint density at radius 1 is 1.17 bits per heavy atom. The molecule has 122 valence electrons. The standard InChI is InChI=1S/C19H18N2O3/c1-13-10-11-16(23-13)12-20-21-19(22)14(2)24-18-9-5-7-15-6-3-4-8-17(15)18/h3-12,14H,1-2H3,(H,21,22)/b20-12-/t14-/m1/s1. The molecule has 3 aromatic rings. The Morgan fingerprint density at radius 2 is 1.96 bits per heavy atom. The second-order valence-electron chi connectivity index (χ2n) is 5.42. The third-order valence-corrected chi connectivity index (χ3v) is 3.55. The van der Waals surface area contributed by atoms with Crippen LogP contribution < -0.4 is 10.2 Å². The second kappa shape index (κ2) is 7.00. The summed E-state index contributed by atoms with van der Waals surface area (Å²) < 4.78 is 11.1. The average molecular weight is 322 g/mol. The third-order valence-electron chi connectivity index (χ3n) is 3.55. The van der Waals surface area contributed by atoms with Crippen molar-refractivity contribution in [2.45, 2.75) is 20.0 Å². The highest BCUT2D eigenvalue weighted by molar-refractivity contribution is 5.89. The smallest absolute Gasteiger partial charge is 0.280 e. The molecule has 0 aliphatic heterocycles. The predicted molar refractivity (Wildman–Crippen MR) is 93.2 cm³/mol. The fourth-order valence-corrected chi connectivity index (χ4v) is 2.32. The van der Waals surface area contributed by atoms with Gasteiger partial charge in [0.05, 0.1) is 6.21 Å². The monoisotopic (exact) mass is 322 g/mol. The fraction of sp³-hybridized carbons (Fsp3) is 0.158. The van der Waals surface area contributed by atoms with E-state index in [9.17, 15) is 4.79 Å². The highest BCUT2D eigenvalue weighted by Crippen LogP contribution is 2.25. The molecule has 1 amide bonds. The maximum Gasteiger partial charge on any atom is 0.280 e. The van der Waals surface area contributed by atoms with E-state index in [0.717, 1.165) is 16.5 Å². The highest BCUT2D eigenvalue weighted by atomic mass is 16.5. The van der Waals surface area contributed by atoms with Gasteiger partial charge < -0.3 is 9.15 Å². The lowest BCUT2D eigenvalue weighted by molar-refractivity contribution is -0.127. The second-order valence-corrected chi connectivity index (χ2v) is 5.42. The predicted octanol–water partition coefficient (Wildman–Crippen LogP) is 3.66. The van der Waals surface area contributed by atoms with Gasteiger partial charge in [-0.2, -0.15) is 5.10 Å². The van der Waals surface area contributed by atoms with Crippen molar-refractivity contribution in [2.75, 3.05) is 0 Å². The number of rotatable bonds is 5. The number of furan rings is 1. The molecule has 1 N–H and O–H groups in total. The van der Waals surface area contributed by atoms with E-state index in [0.29, 0.717) is 11.5 Å². The molecule has 5 nitrogen and oxygen atoms in total. The zero-order valence-electron chi connectivity index (χ0n) is 13.5. The summed E-state index contributed by atoms with van der Waals surface area (Å²) >= 11 is 0. The summed E-state index contributed by atoms with van der Waals surface area (Å²) in [5.41, 5.74) is 2.45. The van der Waals surface area contributed by atoms with E-state index in [2.05, 4.69) is 10.5 Å². The number of nitrogens with one attached hydrogen (secondary N) is 1. The minimum Gasteiger partial charge on any atom is -0.480 e. The normalized spacial score (nSPS) is 12.4.